The number of carbonyl (C=O) groups excluding carboxylic acids is 2. The Morgan fingerprint density at radius 2 is 1.81 bits per heavy atom. The van der Waals surface area contributed by atoms with Gasteiger partial charge in [-0.15, -0.1) is 0 Å². The fraction of sp³-hybridized carbons (Fsp3) is 0.125. The Morgan fingerprint density at radius 3 is 2.48 bits per heavy atom. The summed E-state index contributed by atoms with van der Waals surface area (Å²) < 4.78 is 13.7. The van der Waals surface area contributed by atoms with Gasteiger partial charge in [0, 0.05) is 28.7 Å². The summed E-state index contributed by atoms with van der Waals surface area (Å²) in [4.78, 5) is 31.6. The predicted molar refractivity (Wildman–Crippen MR) is 116 cm³/mol. The number of aliphatic hydroxyl groups excluding tert-OH is 1. The molecule has 0 saturated carbocycles. The number of hydrogen-bond donors (Lipinski definition) is 1. The number of aromatic nitrogens is 1. The van der Waals surface area contributed by atoms with Gasteiger partial charge in [-0.05, 0) is 73.0 Å². The molecule has 0 aliphatic carbocycles. The number of ketones is 1. The number of halogens is 2. The molecule has 1 aliphatic rings. The van der Waals surface area contributed by atoms with Gasteiger partial charge in [-0.1, -0.05) is 17.7 Å². The largest absolute Gasteiger partial charge is 0.507 e. The molecular weight excluding hydrogens is 419 g/mol. The lowest BCUT2D eigenvalue weighted by atomic mass is 9.95. The molecule has 1 unspecified atom stereocenters. The predicted octanol–water partition coefficient (Wildman–Crippen LogP) is 5.12. The Bertz CT molecular complexity index is 1240. The van der Waals surface area contributed by atoms with Crippen molar-refractivity contribution >= 4 is 34.7 Å². The topological polar surface area (TPSA) is 70.5 Å². The molecule has 2 heterocycles. The first-order chi connectivity index (χ1) is 14.8. The lowest BCUT2D eigenvalue weighted by Crippen LogP contribution is -2.30. The molecule has 1 aromatic heterocycles. The van der Waals surface area contributed by atoms with E-state index in [1.165, 1.54) is 23.1 Å². The van der Waals surface area contributed by atoms with Gasteiger partial charge in [0.2, 0.25) is 0 Å². The maximum atomic E-state index is 13.7. The monoisotopic (exact) mass is 436 g/mol. The van der Waals surface area contributed by atoms with E-state index in [2.05, 4.69) is 4.98 Å². The summed E-state index contributed by atoms with van der Waals surface area (Å²) in [6.45, 7) is 3.31. The van der Waals surface area contributed by atoms with Crippen molar-refractivity contribution in [3.05, 3.63) is 99.6 Å². The van der Waals surface area contributed by atoms with Crippen LogP contribution in [0.5, 0.6) is 0 Å². The Labute approximate surface area is 183 Å². The summed E-state index contributed by atoms with van der Waals surface area (Å²) in [6.07, 6.45) is 3.09. The maximum Gasteiger partial charge on any atom is 0.300 e. The Hall–Kier alpha value is -3.51. The minimum absolute atomic E-state index is 0.0819. The molecule has 0 bridgehead atoms. The standard InChI is InChI=1S/C24H18ClFN2O3/c1-13-12-16(6-7-18(13)26)22(29)20-21(15-8-10-27-11-9-15)28(24(31)23(20)30)19-5-3-4-17(25)14(19)2/h3-12,21,29H,1-2H3/b22-20+. The normalized spacial score (nSPS) is 17.9. The zero-order valence-electron chi connectivity index (χ0n) is 16.8. The van der Waals surface area contributed by atoms with Crippen LogP contribution in [0.3, 0.4) is 0 Å². The lowest BCUT2D eigenvalue weighted by Gasteiger charge is -2.27. The van der Waals surface area contributed by atoms with Gasteiger partial charge >= 0.3 is 0 Å². The van der Waals surface area contributed by atoms with E-state index < -0.39 is 23.5 Å². The first-order valence-corrected chi connectivity index (χ1v) is 9.91. The molecule has 3 aromatic rings. The highest BCUT2D eigenvalue weighted by molar-refractivity contribution is 6.52. The zero-order valence-corrected chi connectivity index (χ0v) is 17.5. The van der Waals surface area contributed by atoms with Crippen molar-refractivity contribution < 1.29 is 19.1 Å². The highest BCUT2D eigenvalue weighted by atomic mass is 35.5. The number of rotatable bonds is 3. The molecule has 156 valence electrons. The van der Waals surface area contributed by atoms with E-state index in [1.54, 1.807) is 56.6 Å². The van der Waals surface area contributed by atoms with Crippen molar-refractivity contribution in [2.45, 2.75) is 19.9 Å². The molecule has 0 spiro atoms. The smallest absolute Gasteiger partial charge is 0.300 e. The third kappa shape index (κ3) is 3.49. The van der Waals surface area contributed by atoms with Crippen LogP contribution >= 0.6 is 11.6 Å². The molecule has 1 amide bonds. The molecular formula is C24H18ClFN2O3. The SMILES string of the molecule is Cc1cc(/C(O)=C2\C(=O)C(=O)N(c3cccc(Cl)c3C)C2c2ccncc2)ccc1F. The number of aliphatic hydroxyl groups is 1. The van der Waals surface area contributed by atoms with Crippen LogP contribution in [0.25, 0.3) is 5.76 Å². The molecule has 7 heteroatoms. The summed E-state index contributed by atoms with van der Waals surface area (Å²) in [5, 5.41) is 11.5. The highest BCUT2D eigenvalue weighted by Crippen LogP contribution is 2.43. The van der Waals surface area contributed by atoms with E-state index in [4.69, 9.17) is 11.6 Å². The molecule has 1 fully saturated rings. The molecule has 0 radical (unpaired) electrons. The van der Waals surface area contributed by atoms with Gasteiger partial charge in [-0.2, -0.15) is 0 Å². The number of Topliss-reactive ketones (excluding diaryl/α,β-unsaturated/α-hetero) is 1. The molecule has 31 heavy (non-hydrogen) atoms. The van der Waals surface area contributed by atoms with Gasteiger partial charge in [0.05, 0.1) is 11.6 Å². The van der Waals surface area contributed by atoms with E-state index in [9.17, 15) is 19.1 Å². The summed E-state index contributed by atoms with van der Waals surface area (Å²) in [5.41, 5.74) is 2.16. The Kier molecular flexibility index (Phi) is 5.33. The fourth-order valence-electron chi connectivity index (χ4n) is 3.75. The summed E-state index contributed by atoms with van der Waals surface area (Å²) in [5.74, 6) is -2.42. The Balaban J connectivity index is 1.98. The third-order valence-electron chi connectivity index (χ3n) is 5.40. The van der Waals surface area contributed by atoms with E-state index in [-0.39, 0.29) is 16.9 Å². The molecule has 1 saturated heterocycles. The molecule has 4 rings (SSSR count). The first-order valence-electron chi connectivity index (χ1n) is 9.54. The van der Waals surface area contributed by atoms with Gasteiger partial charge in [0.15, 0.2) is 0 Å². The second-order valence-corrected chi connectivity index (χ2v) is 7.70. The van der Waals surface area contributed by atoms with Gasteiger partial charge in [-0.25, -0.2) is 4.39 Å². The van der Waals surface area contributed by atoms with Gasteiger partial charge in [0.1, 0.15) is 11.6 Å². The van der Waals surface area contributed by atoms with E-state index in [0.29, 0.717) is 27.4 Å². The van der Waals surface area contributed by atoms with Gasteiger partial charge in [0.25, 0.3) is 11.7 Å². The van der Waals surface area contributed by atoms with Crippen molar-refractivity contribution in [2.75, 3.05) is 4.90 Å². The average Bonchev–Trinajstić information content (AvgIpc) is 3.03. The maximum absolute atomic E-state index is 13.7. The van der Waals surface area contributed by atoms with Crippen molar-refractivity contribution in [2.24, 2.45) is 0 Å². The molecule has 1 atom stereocenters. The van der Waals surface area contributed by atoms with Crippen LogP contribution in [-0.2, 0) is 9.59 Å². The van der Waals surface area contributed by atoms with Crippen LogP contribution in [0.1, 0.15) is 28.3 Å². The summed E-state index contributed by atoms with van der Waals surface area (Å²) in [7, 11) is 0. The summed E-state index contributed by atoms with van der Waals surface area (Å²) in [6, 6.07) is 11.6. The average molecular weight is 437 g/mol. The van der Waals surface area contributed by atoms with Crippen molar-refractivity contribution in [3.63, 3.8) is 0 Å². The quantitative estimate of drug-likeness (QED) is 0.351. The van der Waals surface area contributed by atoms with E-state index in [0.717, 1.165) is 0 Å². The zero-order chi connectivity index (χ0) is 22.3. The minimum atomic E-state index is -0.898. The van der Waals surface area contributed by atoms with E-state index >= 15 is 0 Å². The molecule has 1 aliphatic heterocycles. The van der Waals surface area contributed by atoms with Crippen LogP contribution in [0, 0.1) is 19.7 Å². The minimum Gasteiger partial charge on any atom is -0.507 e. The number of amides is 1. The number of hydrogen-bond acceptors (Lipinski definition) is 4. The van der Waals surface area contributed by atoms with Crippen LogP contribution in [0.4, 0.5) is 10.1 Å². The molecule has 5 nitrogen and oxygen atoms in total. The number of aryl methyl sites for hydroxylation is 1. The van der Waals surface area contributed by atoms with E-state index in [1.807, 2.05) is 0 Å². The second kappa shape index (κ2) is 7.96. The number of pyridine rings is 1. The number of carbonyl (C=O) groups is 2. The number of nitrogens with zero attached hydrogens (tertiary/aromatic N) is 2. The third-order valence-corrected chi connectivity index (χ3v) is 5.81. The van der Waals surface area contributed by atoms with Gasteiger partial charge < -0.3 is 5.11 Å². The van der Waals surface area contributed by atoms with Crippen LogP contribution in [0.15, 0.2) is 66.5 Å². The number of anilines is 1. The van der Waals surface area contributed by atoms with Crippen LogP contribution < -0.4 is 4.90 Å². The van der Waals surface area contributed by atoms with Crippen molar-refractivity contribution in [3.8, 4) is 0 Å². The van der Waals surface area contributed by atoms with Crippen LogP contribution in [0.2, 0.25) is 5.02 Å². The molecule has 2 aromatic carbocycles. The Morgan fingerprint density at radius 1 is 1.10 bits per heavy atom. The van der Waals surface area contributed by atoms with Crippen molar-refractivity contribution in [1.82, 2.24) is 4.98 Å². The highest BCUT2D eigenvalue weighted by Gasteiger charge is 2.47. The molecule has 1 N–H and O–H groups in total. The van der Waals surface area contributed by atoms with Crippen LogP contribution in [-0.4, -0.2) is 21.8 Å². The lowest BCUT2D eigenvalue weighted by molar-refractivity contribution is -0.132. The number of benzene rings is 2. The first kappa shape index (κ1) is 20.8. The summed E-state index contributed by atoms with van der Waals surface area (Å²) >= 11 is 6.27. The fourth-order valence-corrected chi connectivity index (χ4v) is 3.92. The van der Waals surface area contributed by atoms with Crippen molar-refractivity contribution in [1.29, 1.82) is 0 Å². The van der Waals surface area contributed by atoms with Gasteiger partial charge in [-0.3, -0.25) is 19.5 Å². The second-order valence-electron chi connectivity index (χ2n) is 7.30.